The Bertz CT molecular complexity index is 747. The summed E-state index contributed by atoms with van der Waals surface area (Å²) in [6.45, 7) is 0.0610. The fourth-order valence-corrected chi connectivity index (χ4v) is 2.85. The van der Waals surface area contributed by atoms with Crippen molar-refractivity contribution in [2.75, 3.05) is 7.05 Å². The lowest BCUT2D eigenvalue weighted by Gasteiger charge is -2.18. The quantitative estimate of drug-likeness (QED) is 0.838. The molecular weight excluding hydrogens is 303 g/mol. The van der Waals surface area contributed by atoms with E-state index in [0.29, 0.717) is 12.0 Å². The van der Waals surface area contributed by atoms with Crippen molar-refractivity contribution in [3.05, 3.63) is 71.0 Å². The topological polar surface area (TPSA) is 20.3 Å². The molecule has 1 aliphatic carbocycles. The zero-order valence-electron chi connectivity index (χ0n) is 12.6. The van der Waals surface area contributed by atoms with Gasteiger partial charge in [-0.1, -0.05) is 24.3 Å². The third-order valence-electron chi connectivity index (χ3n) is 4.21. The van der Waals surface area contributed by atoms with E-state index in [-0.39, 0.29) is 35.7 Å². The van der Waals surface area contributed by atoms with Crippen LogP contribution in [0.3, 0.4) is 0 Å². The summed E-state index contributed by atoms with van der Waals surface area (Å²) in [4.78, 5) is 13.8. The summed E-state index contributed by atoms with van der Waals surface area (Å²) < 4.78 is 40.3. The van der Waals surface area contributed by atoms with Crippen LogP contribution in [0, 0.1) is 23.4 Å². The first-order valence-corrected chi connectivity index (χ1v) is 7.40. The molecule has 5 heteroatoms. The molecule has 0 N–H and O–H groups in total. The summed E-state index contributed by atoms with van der Waals surface area (Å²) in [7, 11) is 1.57. The molecule has 2 unspecified atom stereocenters. The van der Waals surface area contributed by atoms with E-state index in [1.165, 1.54) is 17.0 Å². The Morgan fingerprint density at radius 3 is 2.57 bits per heavy atom. The molecule has 2 nitrogen and oxygen atoms in total. The molecule has 120 valence electrons. The van der Waals surface area contributed by atoms with Crippen molar-refractivity contribution in [1.29, 1.82) is 0 Å². The SMILES string of the molecule is CN(Cc1ccc(F)cc1F)C(=O)C1CC1c1ccccc1F. The number of amides is 1. The third-order valence-corrected chi connectivity index (χ3v) is 4.21. The van der Waals surface area contributed by atoms with Gasteiger partial charge in [-0.3, -0.25) is 4.79 Å². The zero-order chi connectivity index (χ0) is 16.6. The Hall–Kier alpha value is -2.30. The molecule has 2 aromatic rings. The molecule has 0 bridgehead atoms. The largest absolute Gasteiger partial charge is 0.341 e. The number of hydrogen-bond donors (Lipinski definition) is 0. The Morgan fingerprint density at radius 2 is 1.87 bits per heavy atom. The van der Waals surface area contributed by atoms with Crippen LogP contribution in [-0.4, -0.2) is 17.9 Å². The third kappa shape index (κ3) is 3.23. The smallest absolute Gasteiger partial charge is 0.226 e. The second kappa shape index (κ2) is 6.07. The highest BCUT2D eigenvalue weighted by Gasteiger charge is 2.46. The summed E-state index contributed by atoms with van der Waals surface area (Å²) >= 11 is 0. The van der Waals surface area contributed by atoms with Gasteiger partial charge in [0.25, 0.3) is 0 Å². The minimum Gasteiger partial charge on any atom is -0.341 e. The predicted octanol–water partition coefficient (Wildman–Crippen LogP) is 3.87. The molecule has 0 spiro atoms. The molecule has 0 aliphatic heterocycles. The molecule has 23 heavy (non-hydrogen) atoms. The van der Waals surface area contributed by atoms with Crippen molar-refractivity contribution in [3.63, 3.8) is 0 Å². The number of nitrogens with zero attached hydrogens (tertiary/aromatic N) is 1. The highest BCUT2D eigenvalue weighted by Crippen LogP contribution is 2.49. The van der Waals surface area contributed by atoms with E-state index >= 15 is 0 Å². The summed E-state index contributed by atoms with van der Waals surface area (Å²) in [5, 5.41) is 0. The second-order valence-corrected chi connectivity index (χ2v) is 5.90. The van der Waals surface area contributed by atoms with Crippen LogP contribution in [0.5, 0.6) is 0 Å². The van der Waals surface area contributed by atoms with Gasteiger partial charge in [-0.15, -0.1) is 0 Å². The van der Waals surface area contributed by atoms with Gasteiger partial charge in [-0.25, -0.2) is 13.2 Å². The van der Waals surface area contributed by atoms with Crippen LogP contribution in [0.4, 0.5) is 13.2 Å². The highest BCUT2D eigenvalue weighted by atomic mass is 19.1. The number of carbonyl (C=O) groups excluding carboxylic acids is 1. The monoisotopic (exact) mass is 319 g/mol. The first-order valence-electron chi connectivity index (χ1n) is 7.40. The predicted molar refractivity (Wildman–Crippen MR) is 80.1 cm³/mol. The Morgan fingerprint density at radius 1 is 1.13 bits per heavy atom. The van der Waals surface area contributed by atoms with Crippen molar-refractivity contribution in [2.45, 2.75) is 18.9 Å². The molecule has 0 saturated heterocycles. The van der Waals surface area contributed by atoms with Gasteiger partial charge in [0, 0.05) is 31.1 Å². The summed E-state index contributed by atoms with van der Waals surface area (Å²) in [6.07, 6.45) is 0.593. The number of halogens is 3. The van der Waals surface area contributed by atoms with Crippen LogP contribution in [-0.2, 0) is 11.3 Å². The minimum absolute atomic E-state index is 0.0610. The van der Waals surface area contributed by atoms with Crippen molar-refractivity contribution >= 4 is 5.91 Å². The maximum atomic E-state index is 13.7. The van der Waals surface area contributed by atoms with E-state index in [4.69, 9.17) is 0 Å². The van der Waals surface area contributed by atoms with Gasteiger partial charge < -0.3 is 4.90 Å². The van der Waals surface area contributed by atoms with E-state index in [2.05, 4.69) is 0 Å². The molecular formula is C18H16F3NO. The molecule has 2 aromatic carbocycles. The lowest BCUT2D eigenvalue weighted by molar-refractivity contribution is -0.131. The van der Waals surface area contributed by atoms with Crippen LogP contribution in [0.25, 0.3) is 0 Å². The summed E-state index contributed by atoms with van der Waals surface area (Å²) in [5.74, 6) is -2.18. The number of carbonyl (C=O) groups is 1. The molecule has 1 fully saturated rings. The first kappa shape index (κ1) is 15.6. The van der Waals surface area contributed by atoms with Gasteiger partial charge in [0.2, 0.25) is 5.91 Å². The lowest BCUT2D eigenvalue weighted by atomic mass is 10.1. The zero-order valence-corrected chi connectivity index (χ0v) is 12.6. The summed E-state index contributed by atoms with van der Waals surface area (Å²) in [6, 6.07) is 9.72. The average Bonchev–Trinajstić information content (AvgIpc) is 3.30. The van der Waals surface area contributed by atoms with E-state index in [1.807, 2.05) is 0 Å². The fourth-order valence-electron chi connectivity index (χ4n) is 2.85. The van der Waals surface area contributed by atoms with Crippen molar-refractivity contribution in [3.8, 4) is 0 Å². The fraction of sp³-hybridized carbons (Fsp3) is 0.278. The number of benzene rings is 2. The van der Waals surface area contributed by atoms with Crippen LogP contribution < -0.4 is 0 Å². The molecule has 1 saturated carbocycles. The second-order valence-electron chi connectivity index (χ2n) is 5.90. The van der Waals surface area contributed by atoms with Gasteiger partial charge in [-0.05, 0) is 30.0 Å². The van der Waals surface area contributed by atoms with Crippen molar-refractivity contribution in [2.24, 2.45) is 5.92 Å². The van der Waals surface area contributed by atoms with Gasteiger partial charge in [0.05, 0.1) is 0 Å². The van der Waals surface area contributed by atoms with Gasteiger partial charge in [-0.2, -0.15) is 0 Å². The molecule has 2 atom stereocenters. The van der Waals surface area contributed by atoms with Gasteiger partial charge >= 0.3 is 0 Å². The molecule has 0 aromatic heterocycles. The van der Waals surface area contributed by atoms with Gasteiger partial charge in [0.1, 0.15) is 17.5 Å². The van der Waals surface area contributed by atoms with Crippen LogP contribution in [0.15, 0.2) is 42.5 Å². The maximum absolute atomic E-state index is 13.7. The molecule has 0 heterocycles. The first-order chi connectivity index (χ1) is 11.0. The molecule has 1 aliphatic rings. The number of rotatable bonds is 4. The Kier molecular flexibility index (Phi) is 4.11. The maximum Gasteiger partial charge on any atom is 0.226 e. The normalized spacial score (nSPS) is 19.5. The summed E-state index contributed by atoms with van der Waals surface area (Å²) in [5.41, 5.74) is 0.803. The standard InChI is InChI=1S/C18H16F3NO/c1-22(10-11-6-7-12(19)8-17(11)21)18(23)15-9-14(15)13-4-2-3-5-16(13)20/h2-8,14-15H,9-10H2,1H3. The van der Waals surface area contributed by atoms with Crippen LogP contribution in [0.1, 0.15) is 23.5 Å². The van der Waals surface area contributed by atoms with Crippen molar-refractivity contribution < 1.29 is 18.0 Å². The average molecular weight is 319 g/mol. The van der Waals surface area contributed by atoms with Gasteiger partial charge in [0.15, 0.2) is 0 Å². The lowest BCUT2D eigenvalue weighted by Crippen LogP contribution is -2.28. The van der Waals surface area contributed by atoms with E-state index in [9.17, 15) is 18.0 Å². The molecule has 0 radical (unpaired) electrons. The Labute approximate surface area is 132 Å². The van der Waals surface area contributed by atoms with E-state index in [1.54, 1.807) is 25.2 Å². The van der Waals surface area contributed by atoms with E-state index in [0.717, 1.165) is 12.1 Å². The number of hydrogen-bond acceptors (Lipinski definition) is 1. The van der Waals surface area contributed by atoms with Crippen molar-refractivity contribution in [1.82, 2.24) is 4.90 Å². The van der Waals surface area contributed by atoms with E-state index < -0.39 is 11.6 Å². The molecule has 1 amide bonds. The van der Waals surface area contributed by atoms with Crippen LogP contribution in [0.2, 0.25) is 0 Å². The molecule has 3 rings (SSSR count). The minimum atomic E-state index is -0.675. The Balaban J connectivity index is 1.66. The highest BCUT2D eigenvalue weighted by molar-refractivity contribution is 5.82. The van der Waals surface area contributed by atoms with Crippen LogP contribution >= 0.6 is 0 Å².